The van der Waals surface area contributed by atoms with Crippen LogP contribution in [0.5, 0.6) is 0 Å². The maximum atomic E-state index is 10.6. The molecule has 0 radical (unpaired) electrons. The highest BCUT2D eigenvalue weighted by Crippen LogP contribution is 2.25. The van der Waals surface area contributed by atoms with Crippen molar-refractivity contribution in [2.75, 3.05) is 6.73 Å². The fourth-order valence-corrected chi connectivity index (χ4v) is 1.61. The van der Waals surface area contributed by atoms with Crippen molar-refractivity contribution in [3.05, 3.63) is 0 Å². The number of ether oxygens (including phenoxy) is 2. The Balaban J connectivity index is 4.25. The van der Waals surface area contributed by atoms with Gasteiger partial charge < -0.3 is 20.9 Å². The Kier molecular flexibility index (Phi) is 4.35. The first-order valence-electron chi connectivity index (χ1n) is 4.51. The van der Waals surface area contributed by atoms with Crippen LogP contribution in [-0.4, -0.2) is 24.0 Å². The van der Waals surface area contributed by atoms with Gasteiger partial charge in [-0.2, -0.15) is 0 Å². The third-order valence-electron chi connectivity index (χ3n) is 1.70. The highest BCUT2D eigenvalue weighted by atomic mass is 16.6. The Morgan fingerprint density at radius 1 is 1.21 bits per heavy atom. The molecule has 0 aliphatic heterocycles. The van der Waals surface area contributed by atoms with E-state index in [2.05, 4.69) is 0 Å². The standard InChI is InChI=1S/C9H20N2O3/c1-8(2,13-6-10)5-9(3,4)14-7(11)12/h5-6,10H2,1-4H3,(H2,11,12). The summed E-state index contributed by atoms with van der Waals surface area (Å²) in [6.45, 7) is 7.45. The highest BCUT2D eigenvalue weighted by Gasteiger charge is 2.31. The summed E-state index contributed by atoms with van der Waals surface area (Å²) in [6, 6.07) is 0. The van der Waals surface area contributed by atoms with Crippen molar-refractivity contribution in [2.45, 2.75) is 45.3 Å². The van der Waals surface area contributed by atoms with Gasteiger partial charge in [-0.1, -0.05) is 0 Å². The Morgan fingerprint density at radius 3 is 2.07 bits per heavy atom. The topological polar surface area (TPSA) is 87.6 Å². The summed E-state index contributed by atoms with van der Waals surface area (Å²) in [7, 11) is 0. The van der Waals surface area contributed by atoms with Gasteiger partial charge in [-0.3, -0.25) is 0 Å². The summed E-state index contributed by atoms with van der Waals surface area (Å²) in [5.41, 5.74) is 9.14. The molecule has 0 fully saturated rings. The quantitative estimate of drug-likeness (QED) is 0.653. The van der Waals surface area contributed by atoms with Crippen LogP contribution in [0.2, 0.25) is 0 Å². The summed E-state index contributed by atoms with van der Waals surface area (Å²) in [6.07, 6.45) is -0.251. The average Bonchev–Trinajstić information content (AvgIpc) is 1.78. The zero-order chi connectivity index (χ0) is 11.4. The van der Waals surface area contributed by atoms with E-state index in [-0.39, 0.29) is 6.73 Å². The number of hydrogen-bond acceptors (Lipinski definition) is 4. The molecule has 0 saturated heterocycles. The van der Waals surface area contributed by atoms with Crippen molar-refractivity contribution in [2.24, 2.45) is 11.5 Å². The van der Waals surface area contributed by atoms with E-state index in [0.29, 0.717) is 6.42 Å². The van der Waals surface area contributed by atoms with Crippen LogP contribution in [0.25, 0.3) is 0 Å². The largest absolute Gasteiger partial charge is 0.444 e. The fourth-order valence-electron chi connectivity index (χ4n) is 1.61. The lowest BCUT2D eigenvalue weighted by Gasteiger charge is -2.33. The van der Waals surface area contributed by atoms with Gasteiger partial charge >= 0.3 is 6.09 Å². The van der Waals surface area contributed by atoms with Crippen LogP contribution in [-0.2, 0) is 9.47 Å². The molecule has 0 aliphatic rings. The van der Waals surface area contributed by atoms with Crippen LogP contribution in [0.1, 0.15) is 34.1 Å². The van der Waals surface area contributed by atoms with Gasteiger partial charge in [0.25, 0.3) is 0 Å². The summed E-state index contributed by atoms with van der Waals surface area (Å²) in [5.74, 6) is 0. The molecule has 14 heavy (non-hydrogen) atoms. The molecule has 0 atom stereocenters. The molecule has 0 spiro atoms. The summed E-state index contributed by atoms with van der Waals surface area (Å²) in [4.78, 5) is 10.6. The number of carbonyl (C=O) groups excluding carboxylic acids is 1. The molecule has 0 aromatic heterocycles. The van der Waals surface area contributed by atoms with Gasteiger partial charge in [-0.05, 0) is 27.7 Å². The SMILES string of the molecule is CC(C)(CC(C)(C)OC(N)=O)OCN. The lowest BCUT2D eigenvalue weighted by Crippen LogP contribution is -2.40. The second-order valence-corrected chi connectivity index (χ2v) is 4.43. The lowest BCUT2D eigenvalue weighted by molar-refractivity contribution is -0.0730. The van der Waals surface area contributed by atoms with Crippen molar-refractivity contribution in [1.82, 2.24) is 0 Å². The molecule has 84 valence electrons. The molecule has 1 amide bonds. The monoisotopic (exact) mass is 204 g/mol. The summed E-state index contributed by atoms with van der Waals surface area (Å²) >= 11 is 0. The van der Waals surface area contributed by atoms with Crippen LogP contribution in [0.4, 0.5) is 4.79 Å². The Labute approximate surface area is 84.7 Å². The third kappa shape index (κ3) is 5.77. The fraction of sp³-hybridized carbons (Fsp3) is 0.889. The van der Waals surface area contributed by atoms with E-state index in [1.807, 2.05) is 13.8 Å². The van der Waals surface area contributed by atoms with Crippen molar-refractivity contribution in [3.8, 4) is 0 Å². The maximum Gasteiger partial charge on any atom is 0.405 e. The highest BCUT2D eigenvalue weighted by molar-refractivity contribution is 5.65. The summed E-state index contributed by atoms with van der Waals surface area (Å²) in [5, 5.41) is 0. The average molecular weight is 204 g/mol. The molecule has 0 aromatic carbocycles. The smallest absolute Gasteiger partial charge is 0.405 e. The zero-order valence-corrected chi connectivity index (χ0v) is 9.29. The molecule has 0 aromatic rings. The van der Waals surface area contributed by atoms with Gasteiger partial charge in [-0.15, -0.1) is 0 Å². The number of nitrogens with two attached hydrogens (primary N) is 2. The van der Waals surface area contributed by atoms with E-state index < -0.39 is 17.3 Å². The second-order valence-electron chi connectivity index (χ2n) is 4.43. The Hall–Kier alpha value is -0.810. The van der Waals surface area contributed by atoms with E-state index in [4.69, 9.17) is 20.9 Å². The first-order chi connectivity index (χ1) is 6.18. The normalized spacial score (nSPS) is 12.6. The van der Waals surface area contributed by atoms with Gasteiger partial charge in [-0.25, -0.2) is 4.79 Å². The molecule has 0 saturated carbocycles. The van der Waals surface area contributed by atoms with E-state index in [1.54, 1.807) is 13.8 Å². The van der Waals surface area contributed by atoms with E-state index in [1.165, 1.54) is 0 Å². The van der Waals surface area contributed by atoms with Crippen molar-refractivity contribution >= 4 is 6.09 Å². The third-order valence-corrected chi connectivity index (χ3v) is 1.70. The number of rotatable bonds is 5. The molecule has 0 unspecified atom stereocenters. The minimum Gasteiger partial charge on any atom is -0.444 e. The van der Waals surface area contributed by atoms with E-state index in [9.17, 15) is 4.79 Å². The lowest BCUT2D eigenvalue weighted by atomic mass is 9.92. The van der Waals surface area contributed by atoms with Gasteiger partial charge in [0.2, 0.25) is 0 Å². The molecule has 0 bridgehead atoms. The van der Waals surface area contributed by atoms with E-state index >= 15 is 0 Å². The molecule has 0 heterocycles. The van der Waals surface area contributed by atoms with E-state index in [0.717, 1.165) is 0 Å². The molecule has 5 nitrogen and oxygen atoms in total. The van der Waals surface area contributed by atoms with Gasteiger partial charge in [0, 0.05) is 6.42 Å². The maximum absolute atomic E-state index is 10.6. The van der Waals surface area contributed by atoms with Crippen molar-refractivity contribution in [1.29, 1.82) is 0 Å². The predicted octanol–water partition coefficient (Wildman–Crippen LogP) is 0.962. The second kappa shape index (κ2) is 4.61. The number of primary amides is 1. The first kappa shape index (κ1) is 13.2. The molecule has 0 rings (SSSR count). The van der Waals surface area contributed by atoms with Gasteiger partial charge in [0.05, 0.1) is 12.3 Å². The number of amides is 1. The van der Waals surface area contributed by atoms with Crippen LogP contribution >= 0.6 is 0 Å². The Morgan fingerprint density at radius 2 is 1.71 bits per heavy atom. The molecular formula is C9H20N2O3. The van der Waals surface area contributed by atoms with Gasteiger partial charge in [0.15, 0.2) is 0 Å². The predicted molar refractivity (Wildman–Crippen MR) is 53.6 cm³/mol. The molecule has 4 N–H and O–H groups in total. The van der Waals surface area contributed by atoms with Crippen LogP contribution in [0, 0.1) is 0 Å². The van der Waals surface area contributed by atoms with Crippen molar-refractivity contribution < 1.29 is 14.3 Å². The summed E-state index contributed by atoms with van der Waals surface area (Å²) < 4.78 is 10.2. The first-order valence-corrected chi connectivity index (χ1v) is 4.51. The van der Waals surface area contributed by atoms with Gasteiger partial charge in [0.1, 0.15) is 5.60 Å². The Bertz CT molecular complexity index is 202. The minimum atomic E-state index is -0.779. The van der Waals surface area contributed by atoms with Crippen LogP contribution in [0.3, 0.4) is 0 Å². The molecular weight excluding hydrogens is 184 g/mol. The van der Waals surface area contributed by atoms with Crippen LogP contribution < -0.4 is 11.5 Å². The number of hydrogen-bond donors (Lipinski definition) is 2. The minimum absolute atomic E-state index is 0.139. The number of carbonyl (C=O) groups is 1. The molecule has 0 aliphatic carbocycles. The van der Waals surface area contributed by atoms with Crippen molar-refractivity contribution in [3.63, 3.8) is 0 Å². The zero-order valence-electron chi connectivity index (χ0n) is 9.29. The van der Waals surface area contributed by atoms with Crippen LogP contribution in [0.15, 0.2) is 0 Å². The molecule has 5 heteroatoms.